The highest BCUT2D eigenvalue weighted by Gasteiger charge is 2.28. The molecule has 212 valence electrons. The number of amides is 1. The third-order valence-corrected chi connectivity index (χ3v) is 6.61. The van der Waals surface area contributed by atoms with Crippen LogP contribution in [0.1, 0.15) is 18.4 Å². The molecule has 5 rings (SSSR count). The lowest BCUT2D eigenvalue weighted by Crippen LogP contribution is -2.49. The first-order valence-electron chi connectivity index (χ1n) is 12.7. The largest absolute Gasteiger partial charge is 0.361 e. The van der Waals surface area contributed by atoms with Gasteiger partial charge < -0.3 is 19.3 Å². The third-order valence-electron chi connectivity index (χ3n) is 6.61. The minimum atomic E-state index is -2.75. The Morgan fingerprint density at radius 3 is 2.60 bits per heavy atom. The van der Waals surface area contributed by atoms with Gasteiger partial charge in [-0.15, -0.1) is 0 Å². The van der Waals surface area contributed by atoms with E-state index in [4.69, 9.17) is 4.52 Å². The van der Waals surface area contributed by atoms with Gasteiger partial charge in [0.15, 0.2) is 11.2 Å². The number of halogens is 2. The summed E-state index contributed by atoms with van der Waals surface area (Å²) in [5.41, 5.74) is -0.525. The van der Waals surface area contributed by atoms with Crippen LogP contribution in [0.2, 0.25) is 0 Å². The van der Waals surface area contributed by atoms with Crippen molar-refractivity contribution in [3.05, 3.63) is 62.9 Å². The molecular formula is C25H29F2N9O4. The molecule has 1 N–H and O–H groups in total. The Morgan fingerprint density at radius 1 is 1.18 bits per heavy atom. The predicted octanol–water partition coefficient (Wildman–Crippen LogP) is 1.05. The van der Waals surface area contributed by atoms with E-state index in [1.807, 2.05) is 4.90 Å². The number of pyridine rings is 1. The number of nitrogens with one attached hydrogen (secondary N) is 1. The standard InChI is InChI=1S/C25H29F2N9O4/c1-16-11-17(31-40-16)12-36-23(38)21-22(32(3)24(36)39)28-15-35(21)13-20(37)30-18-5-4-6-19(29-18)34-9-7-33(8-10-34)14-25(2,26)27/h4-6,11,15H,7-10,12-14H2,1-3H3,(H,29,30,37). The lowest BCUT2D eigenvalue weighted by Gasteiger charge is -2.36. The molecule has 40 heavy (non-hydrogen) atoms. The van der Waals surface area contributed by atoms with E-state index >= 15 is 0 Å². The molecule has 1 fully saturated rings. The summed E-state index contributed by atoms with van der Waals surface area (Å²) < 4.78 is 35.4. The second-order valence-electron chi connectivity index (χ2n) is 9.97. The smallest absolute Gasteiger partial charge is 0.332 e. The van der Waals surface area contributed by atoms with Crippen LogP contribution >= 0.6 is 0 Å². The van der Waals surface area contributed by atoms with Gasteiger partial charge in [0.25, 0.3) is 11.5 Å². The van der Waals surface area contributed by atoms with E-state index in [0.717, 1.165) is 11.5 Å². The molecule has 1 aliphatic heterocycles. The Kier molecular flexibility index (Phi) is 7.23. The average molecular weight is 558 g/mol. The van der Waals surface area contributed by atoms with Gasteiger partial charge in [-0.05, 0) is 19.1 Å². The molecule has 1 amide bonds. The summed E-state index contributed by atoms with van der Waals surface area (Å²) in [4.78, 5) is 51.4. The van der Waals surface area contributed by atoms with Crippen LogP contribution in [0.3, 0.4) is 0 Å². The molecule has 15 heteroatoms. The number of anilines is 2. The van der Waals surface area contributed by atoms with Gasteiger partial charge in [-0.2, -0.15) is 0 Å². The molecule has 4 aromatic rings. The molecule has 5 heterocycles. The van der Waals surface area contributed by atoms with Crippen LogP contribution < -0.4 is 21.5 Å². The molecule has 0 unspecified atom stereocenters. The van der Waals surface area contributed by atoms with Crippen LogP contribution in [0, 0.1) is 6.92 Å². The van der Waals surface area contributed by atoms with Gasteiger partial charge in [0.2, 0.25) is 5.91 Å². The molecule has 4 aromatic heterocycles. The molecule has 0 radical (unpaired) electrons. The zero-order valence-electron chi connectivity index (χ0n) is 22.3. The number of hydrogen-bond acceptors (Lipinski definition) is 9. The van der Waals surface area contributed by atoms with E-state index in [9.17, 15) is 23.2 Å². The molecule has 13 nitrogen and oxygen atoms in total. The number of rotatable bonds is 8. The number of carbonyl (C=O) groups is 1. The summed E-state index contributed by atoms with van der Waals surface area (Å²) >= 11 is 0. The quantitative estimate of drug-likeness (QED) is 0.337. The summed E-state index contributed by atoms with van der Waals surface area (Å²) in [5.74, 6) is -1.73. The molecule has 0 aromatic carbocycles. The maximum atomic E-state index is 13.3. The van der Waals surface area contributed by atoms with Crippen molar-refractivity contribution in [3.63, 3.8) is 0 Å². The Balaban J connectivity index is 1.30. The Morgan fingerprint density at radius 2 is 1.93 bits per heavy atom. The highest BCUT2D eigenvalue weighted by Crippen LogP contribution is 2.19. The Hall–Kier alpha value is -4.40. The number of aromatic nitrogens is 6. The second-order valence-corrected chi connectivity index (χ2v) is 9.97. The van der Waals surface area contributed by atoms with Crippen LogP contribution in [0.25, 0.3) is 11.2 Å². The number of piperazine rings is 1. The molecule has 0 spiro atoms. The molecule has 1 aliphatic rings. The van der Waals surface area contributed by atoms with Crippen LogP contribution in [-0.2, 0) is 24.9 Å². The van der Waals surface area contributed by atoms with Gasteiger partial charge in [0.05, 0.1) is 19.4 Å². The van der Waals surface area contributed by atoms with Gasteiger partial charge in [-0.25, -0.2) is 23.5 Å². The van der Waals surface area contributed by atoms with Crippen molar-refractivity contribution in [3.8, 4) is 0 Å². The number of carbonyl (C=O) groups excluding carboxylic acids is 1. The van der Waals surface area contributed by atoms with E-state index in [1.54, 1.807) is 36.1 Å². The van der Waals surface area contributed by atoms with Crippen molar-refractivity contribution in [2.24, 2.45) is 7.05 Å². The fourth-order valence-corrected chi connectivity index (χ4v) is 4.77. The van der Waals surface area contributed by atoms with Gasteiger partial charge in [-0.3, -0.25) is 23.6 Å². The van der Waals surface area contributed by atoms with Gasteiger partial charge >= 0.3 is 5.69 Å². The highest BCUT2D eigenvalue weighted by molar-refractivity contribution is 5.90. The number of nitrogens with zero attached hydrogens (tertiary/aromatic N) is 8. The van der Waals surface area contributed by atoms with E-state index < -0.39 is 23.1 Å². The number of alkyl halides is 2. The van der Waals surface area contributed by atoms with Crippen molar-refractivity contribution in [1.29, 1.82) is 0 Å². The highest BCUT2D eigenvalue weighted by atomic mass is 19.3. The van der Waals surface area contributed by atoms with E-state index in [2.05, 4.69) is 20.4 Å². The topological polar surface area (TPSA) is 136 Å². The number of imidazole rings is 1. The first-order valence-corrected chi connectivity index (χ1v) is 12.7. The summed E-state index contributed by atoms with van der Waals surface area (Å²) in [5, 5.41) is 6.59. The monoisotopic (exact) mass is 557 g/mol. The minimum Gasteiger partial charge on any atom is -0.361 e. The van der Waals surface area contributed by atoms with Crippen LogP contribution in [0.5, 0.6) is 0 Å². The fourth-order valence-electron chi connectivity index (χ4n) is 4.77. The first-order chi connectivity index (χ1) is 19.0. The van der Waals surface area contributed by atoms with Gasteiger partial charge in [0.1, 0.15) is 29.6 Å². The summed E-state index contributed by atoms with van der Waals surface area (Å²) in [6.07, 6.45) is 1.33. The number of aryl methyl sites for hydroxylation is 2. The van der Waals surface area contributed by atoms with E-state index in [1.165, 1.54) is 22.5 Å². The van der Waals surface area contributed by atoms with E-state index in [-0.39, 0.29) is 30.8 Å². The average Bonchev–Trinajstić information content (AvgIpc) is 3.51. The first kappa shape index (κ1) is 27.2. The lowest BCUT2D eigenvalue weighted by molar-refractivity contribution is -0.116. The summed E-state index contributed by atoms with van der Waals surface area (Å²) in [6, 6.07) is 6.81. The molecule has 0 bridgehead atoms. The molecule has 0 atom stereocenters. The third kappa shape index (κ3) is 5.78. The van der Waals surface area contributed by atoms with Crippen molar-refractivity contribution in [1.82, 2.24) is 33.7 Å². The van der Waals surface area contributed by atoms with Crippen LogP contribution in [-0.4, -0.2) is 78.3 Å². The maximum absolute atomic E-state index is 13.3. The van der Waals surface area contributed by atoms with Crippen LogP contribution in [0.4, 0.5) is 20.4 Å². The molecule has 1 saturated heterocycles. The Labute approximate surface area is 226 Å². The molecular weight excluding hydrogens is 528 g/mol. The minimum absolute atomic E-state index is 0.0923. The normalized spacial score (nSPS) is 14.7. The summed E-state index contributed by atoms with van der Waals surface area (Å²) in [7, 11) is 1.50. The van der Waals surface area contributed by atoms with Crippen molar-refractivity contribution in [2.75, 3.05) is 42.9 Å². The zero-order valence-corrected chi connectivity index (χ0v) is 22.3. The Bertz CT molecular complexity index is 1660. The van der Waals surface area contributed by atoms with E-state index in [0.29, 0.717) is 49.3 Å². The molecule has 0 saturated carbocycles. The zero-order chi connectivity index (χ0) is 28.6. The fraction of sp³-hybridized carbons (Fsp3) is 0.440. The van der Waals surface area contributed by atoms with Gasteiger partial charge in [0, 0.05) is 46.2 Å². The van der Waals surface area contributed by atoms with Gasteiger partial charge in [-0.1, -0.05) is 11.2 Å². The van der Waals surface area contributed by atoms with Crippen LogP contribution in [0.15, 0.2) is 44.7 Å². The number of hydrogen-bond donors (Lipinski definition) is 1. The second kappa shape index (κ2) is 10.6. The lowest BCUT2D eigenvalue weighted by atomic mass is 10.2. The maximum Gasteiger partial charge on any atom is 0.332 e. The summed E-state index contributed by atoms with van der Waals surface area (Å²) in [6.45, 7) is 4.00. The van der Waals surface area contributed by atoms with Crippen molar-refractivity contribution in [2.45, 2.75) is 32.9 Å². The number of fused-ring (bicyclic) bond motifs is 1. The van der Waals surface area contributed by atoms with Crippen molar-refractivity contribution >= 4 is 28.7 Å². The van der Waals surface area contributed by atoms with Crippen molar-refractivity contribution < 1.29 is 18.1 Å². The molecule has 0 aliphatic carbocycles. The predicted molar refractivity (Wildman–Crippen MR) is 142 cm³/mol. The SMILES string of the molecule is Cc1cc(Cn2c(=O)c3c(ncn3CC(=O)Nc3cccc(N4CCN(CC(C)(F)F)CC4)n3)n(C)c2=O)no1.